The molecule has 1 N–H and O–H groups in total. The number of hydrogen-bond acceptors (Lipinski definition) is 4. The molecular formula is C24H16Cl2N2O2S2. The van der Waals surface area contributed by atoms with Crippen LogP contribution in [0.3, 0.4) is 0 Å². The second kappa shape index (κ2) is 9.46. The van der Waals surface area contributed by atoms with E-state index in [1.807, 2.05) is 24.3 Å². The fourth-order valence-electron chi connectivity index (χ4n) is 3.06. The van der Waals surface area contributed by atoms with Crippen LogP contribution in [-0.2, 0) is 9.59 Å². The molecule has 1 aliphatic rings. The molecule has 3 aromatic carbocycles. The van der Waals surface area contributed by atoms with Crippen LogP contribution in [0.5, 0.6) is 0 Å². The first-order valence-electron chi connectivity index (χ1n) is 9.53. The number of thiocarbonyl (C=S) groups is 1. The molecule has 4 rings (SSSR count). The molecule has 0 atom stereocenters. The number of amides is 2. The van der Waals surface area contributed by atoms with Crippen molar-refractivity contribution < 1.29 is 9.59 Å². The number of hydrogen-bond donors (Lipinski definition) is 1. The molecule has 32 heavy (non-hydrogen) atoms. The predicted octanol–water partition coefficient (Wildman–Crippen LogP) is 6.28. The molecule has 0 radical (unpaired) electrons. The average Bonchev–Trinajstić information content (AvgIpc) is 2.76. The molecule has 1 saturated heterocycles. The lowest BCUT2D eigenvalue weighted by atomic mass is 10.1. The van der Waals surface area contributed by atoms with Gasteiger partial charge in [0.2, 0.25) is 0 Å². The van der Waals surface area contributed by atoms with Crippen molar-refractivity contribution in [2.24, 2.45) is 0 Å². The van der Waals surface area contributed by atoms with Crippen LogP contribution in [0.4, 0.5) is 5.69 Å². The van der Waals surface area contributed by atoms with Crippen LogP contribution < -0.4 is 10.2 Å². The third-order valence-electron chi connectivity index (χ3n) is 4.71. The van der Waals surface area contributed by atoms with Crippen molar-refractivity contribution in [3.63, 3.8) is 0 Å². The Balaban J connectivity index is 1.58. The second-order valence-corrected chi connectivity index (χ2v) is 9.39. The lowest BCUT2D eigenvalue weighted by Gasteiger charge is -2.29. The Morgan fingerprint density at radius 1 is 0.906 bits per heavy atom. The number of aryl methyl sites for hydroxylation is 1. The molecule has 0 unspecified atom stereocenters. The molecule has 1 heterocycles. The smallest absolute Gasteiger partial charge is 0.270 e. The Morgan fingerprint density at radius 2 is 1.53 bits per heavy atom. The number of rotatable bonds is 4. The maximum absolute atomic E-state index is 13.1. The van der Waals surface area contributed by atoms with Gasteiger partial charge in [-0.15, -0.1) is 0 Å². The van der Waals surface area contributed by atoms with Gasteiger partial charge in [-0.05, 0) is 73.2 Å². The van der Waals surface area contributed by atoms with E-state index in [9.17, 15) is 9.59 Å². The van der Waals surface area contributed by atoms with Crippen molar-refractivity contribution >= 4 is 75.9 Å². The van der Waals surface area contributed by atoms with E-state index in [4.69, 9.17) is 35.4 Å². The SMILES string of the molecule is Cc1ccc(Sc2ccc(/C=C3\C(=O)NC(=S)N(c4ccc(Cl)c(Cl)c4)C3=O)cc2)cc1. The van der Waals surface area contributed by atoms with Crippen molar-refractivity contribution in [2.75, 3.05) is 4.90 Å². The van der Waals surface area contributed by atoms with E-state index in [2.05, 4.69) is 36.5 Å². The third-order valence-corrected chi connectivity index (χ3v) is 6.75. The molecule has 0 saturated carbocycles. The first-order valence-corrected chi connectivity index (χ1v) is 11.5. The number of anilines is 1. The highest BCUT2D eigenvalue weighted by Gasteiger charge is 2.34. The van der Waals surface area contributed by atoms with Crippen LogP contribution in [0, 0.1) is 6.92 Å². The highest BCUT2D eigenvalue weighted by Crippen LogP contribution is 2.30. The second-order valence-electron chi connectivity index (χ2n) is 7.04. The van der Waals surface area contributed by atoms with Gasteiger partial charge in [0.15, 0.2) is 5.11 Å². The van der Waals surface area contributed by atoms with E-state index in [0.29, 0.717) is 10.7 Å². The van der Waals surface area contributed by atoms with Crippen LogP contribution in [0.15, 0.2) is 82.1 Å². The highest BCUT2D eigenvalue weighted by molar-refractivity contribution is 7.99. The summed E-state index contributed by atoms with van der Waals surface area (Å²) < 4.78 is 0. The van der Waals surface area contributed by atoms with Crippen molar-refractivity contribution in [1.82, 2.24) is 5.32 Å². The summed E-state index contributed by atoms with van der Waals surface area (Å²) in [4.78, 5) is 29.0. The predicted molar refractivity (Wildman–Crippen MR) is 134 cm³/mol. The third kappa shape index (κ3) is 4.89. The van der Waals surface area contributed by atoms with Crippen LogP contribution in [0.2, 0.25) is 10.0 Å². The molecule has 1 aliphatic heterocycles. The Bertz CT molecular complexity index is 1260. The van der Waals surface area contributed by atoms with Gasteiger partial charge in [0.1, 0.15) is 5.57 Å². The van der Waals surface area contributed by atoms with Crippen LogP contribution in [0.25, 0.3) is 6.08 Å². The molecular weight excluding hydrogens is 483 g/mol. The van der Waals surface area contributed by atoms with E-state index < -0.39 is 11.8 Å². The molecule has 0 spiro atoms. The van der Waals surface area contributed by atoms with Gasteiger partial charge in [0, 0.05) is 9.79 Å². The summed E-state index contributed by atoms with van der Waals surface area (Å²) in [6, 6.07) is 20.6. The van der Waals surface area contributed by atoms with Gasteiger partial charge in [-0.1, -0.05) is 64.8 Å². The van der Waals surface area contributed by atoms with Crippen molar-refractivity contribution in [3.05, 3.63) is 93.5 Å². The lowest BCUT2D eigenvalue weighted by Crippen LogP contribution is -2.54. The Kier molecular flexibility index (Phi) is 6.67. The Morgan fingerprint density at radius 3 is 2.16 bits per heavy atom. The van der Waals surface area contributed by atoms with Crippen molar-refractivity contribution in [3.8, 4) is 0 Å². The van der Waals surface area contributed by atoms with Gasteiger partial charge in [0.25, 0.3) is 11.8 Å². The number of halogens is 2. The van der Waals surface area contributed by atoms with Crippen LogP contribution in [-0.4, -0.2) is 16.9 Å². The van der Waals surface area contributed by atoms with Gasteiger partial charge in [-0.2, -0.15) is 0 Å². The summed E-state index contributed by atoms with van der Waals surface area (Å²) in [5.41, 5.74) is 2.33. The molecule has 4 nitrogen and oxygen atoms in total. The van der Waals surface area contributed by atoms with E-state index in [1.54, 1.807) is 30.0 Å². The number of carbonyl (C=O) groups is 2. The summed E-state index contributed by atoms with van der Waals surface area (Å²) in [5.74, 6) is -1.08. The van der Waals surface area contributed by atoms with Crippen molar-refractivity contribution in [1.29, 1.82) is 0 Å². The number of nitrogens with zero attached hydrogens (tertiary/aromatic N) is 1. The topological polar surface area (TPSA) is 49.4 Å². The summed E-state index contributed by atoms with van der Waals surface area (Å²) in [5, 5.41) is 3.18. The molecule has 0 bridgehead atoms. The summed E-state index contributed by atoms with van der Waals surface area (Å²) in [6.07, 6.45) is 1.55. The lowest BCUT2D eigenvalue weighted by molar-refractivity contribution is -0.122. The Labute approximate surface area is 205 Å². The van der Waals surface area contributed by atoms with E-state index in [-0.39, 0.29) is 15.7 Å². The first kappa shape index (κ1) is 22.6. The molecule has 160 valence electrons. The molecule has 1 fully saturated rings. The maximum Gasteiger partial charge on any atom is 0.270 e. The largest absolute Gasteiger partial charge is 0.298 e. The quantitative estimate of drug-likeness (QED) is 0.261. The zero-order valence-corrected chi connectivity index (χ0v) is 19.9. The number of nitrogens with one attached hydrogen (secondary N) is 1. The molecule has 2 amide bonds. The van der Waals surface area contributed by atoms with Gasteiger partial charge in [0.05, 0.1) is 15.7 Å². The van der Waals surface area contributed by atoms with Gasteiger partial charge in [-0.3, -0.25) is 19.8 Å². The maximum atomic E-state index is 13.1. The molecule has 0 aliphatic carbocycles. The van der Waals surface area contributed by atoms with Crippen LogP contribution in [0.1, 0.15) is 11.1 Å². The molecule has 3 aromatic rings. The van der Waals surface area contributed by atoms with Gasteiger partial charge < -0.3 is 0 Å². The van der Waals surface area contributed by atoms with E-state index in [0.717, 1.165) is 15.4 Å². The monoisotopic (exact) mass is 498 g/mol. The fourth-order valence-corrected chi connectivity index (χ4v) is 4.45. The average molecular weight is 499 g/mol. The summed E-state index contributed by atoms with van der Waals surface area (Å²) >= 11 is 18.9. The minimum absolute atomic E-state index is 0.0135. The van der Waals surface area contributed by atoms with Crippen molar-refractivity contribution in [2.45, 2.75) is 16.7 Å². The minimum Gasteiger partial charge on any atom is -0.298 e. The zero-order valence-electron chi connectivity index (χ0n) is 16.8. The van der Waals surface area contributed by atoms with E-state index >= 15 is 0 Å². The van der Waals surface area contributed by atoms with Crippen LogP contribution >= 0.6 is 47.2 Å². The normalized spacial score (nSPS) is 15.3. The molecule has 8 heteroatoms. The zero-order chi connectivity index (χ0) is 22.8. The number of benzene rings is 3. The minimum atomic E-state index is -0.547. The van der Waals surface area contributed by atoms with E-state index in [1.165, 1.54) is 16.5 Å². The summed E-state index contributed by atoms with van der Waals surface area (Å²) in [7, 11) is 0. The Hall–Kier alpha value is -2.64. The standard InChI is InChI=1S/C24H16Cl2N2O2S2/c1-14-2-7-17(8-3-14)32-18-9-4-15(5-10-18)12-19-22(29)27-24(31)28(23(19)30)16-6-11-20(25)21(26)13-16/h2-13H,1H3,(H,27,29,31)/b19-12+. The van der Waals surface area contributed by atoms with Gasteiger partial charge in [-0.25, -0.2) is 0 Å². The first-order chi connectivity index (χ1) is 15.3. The fraction of sp³-hybridized carbons (Fsp3) is 0.0417. The molecule has 0 aromatic heterocycles. The number of carbonyl (C=O) groups excluding carboxylic acids is 2. The highest BCUT2D eigenvalue weighted by atomic mass is 35.5. The van der Waals surface area contributed by atoms with Gasteiger partial charge >= 0.3 is 0 Å². The summed E-state index contributed by atoms with van der Waals surface area (Å²) in [6.45, 7) is 2.05.